The largest absolute Gasteiger partial charge is 0.504 e. The second-order valence-electron chi connectivity index (χ2n) is 13.1. The molecule has 1 saturated heterocycles. The molecular formula is C33H34ClF3N8O4. The van der Waals surface area contributed by atoms with Gasteiger partial charge in [-0.1, -0.05) is 11.6 Å². The standard InChI is InChI=1S/C33H34ClF3N8O4/c1-15-12-42(16(2)17-5-6-17)8-9-44(15)23-11-21(26(34)30(37)40-23)39-24(46)14-43-13-20(18-10-19(31(38)48)29(47)28(36)27(18)35)25-32(43)41-22-4-3-7-45(22)33(25)49/h10-11,13,15-17,47H,3-9,12,14H2,1-2H3,(H2,38,48)(H,39,40,46)/t15-,16?/m0/s1. The molecular weight excluding hydrogens is 665 g/mol. The molecule has 2 aliphatic heterocycles. The number of aryl methyl sites for hydroxylation is 1. The van der Waals surface area contributed by atoms with Gasteiger partial charge in [-0.05, 0) is 45.1 Å². The van der Waals surface area contributed by atoms with Crippen LogP contribution in [0.2, 0.25) is 5.02 Å². The summed E-state index contributed by atoms with van der Waals surface area (Å²) in [5, 5.41) is 12.1. The lowest BCUT2D eigenvalue weighted by Gasteiger charge is -2.43. The number of aromatic nitrogens is 4. The fourth-order valence-corrected chi connectivity index (χ4v) is 7.24. The van der Waals surface area contributed by atoms with Gasteiger partial charge in [-0.2, -0.15) is 8.78 Å². The van der Waals surface area contributed by atoms with E-state index in [-0.39, 0.29) is 28.3 Å². The van der Waals surface area contributed by atoms with Crippen LogP contribution in [0.15, 0.2) is 23.1 Å². The van der Waals surface area contributed by atoms with E-state index in [1.165, 1.54) is 34.2 Å². The van der Waals surface area contributed by atoms with E-state index in [2.05, 4.69) is 27.1 Å². The van der Waals surface area contributed by atoms with Gasteiger partial charge in [-0.15, -0.1) is 0 Å². The molecule has 12 nitrogen and oxygen atoms in total. The first-order chi connectivity index (χ1) is 23.3. The number of fused-ring (bicyclic) bond motifs is 2. The number of hydrogen-bond donors (Lipinski definition) is 3. The third kappa shape index (κ3) is 5.78. The zero-order valence-electron chi connectivity index (χ0n) is 26.8. The molecule has 16 heteroatoms. The Morgan fingerprint density at radius 2 is 1.88 bits per heavy atom. The van der Waals surface area contributed by atoms with Gasteiger partial charge in [0.2, 0.25) is 17.7 Å². The molecule has 1 aromatic carbocycles. The van der Waals surface area contributed by atoms with Crippen molar-refractivity contribution in [3.8, 4) is 16.9 Å². The molecule has 49 heavy (non-hydrogen) atoms. The van der Waals surface area contributed by atoms with Crippen LogP contribution in [-0.4, -0.2) is 72.6 Å². The van der Waals surface area contributed by atoms with Crippen molar-refractivity contribution in [2.24, 2.45) is 11.7 Å². The number of rotatable bonds is 8. The Kier molecular flexibility index (Phi) is 8.30. The predicted octanol–water partition coefficient (Wildman–Crippen LogP) is 4.03. The first-order valence-corrected chi connectivity index (χ1v) is 16.5. The summed E-state index contributed by atoms with van der Waals surface area (Å²) in [7, 11) is 0. The quantitative estimate of drug-likeness (QED) is 0.234. The molecule has 2 fully saturated rings. The van der Waals surface area contributed by atoms with E-state index in [0.717, 1.165) is 19.2 Å². The Balaban J connectivity index is 1.21. The van der Waals surface area contributed by atoms with Crippen molar-refractivity contribution in [2.45, 2.75) is 64.7 Å². The SMILES string of the molecule is CC(C1CC1)N1CCN(c2cc(NC(=O)Cn3cc(-c4cc(C(N)=O)c(O)c(F)c4F)c4c(=O)n5c(nc43)CCC5)c(Cl)c(F)n2)[C@@H](C)C1. The fraction of sp³-hybridized carbons (Fsp3) is 0.424. The molecule has 3 aromatic heterocycles. The van der Waals surface area contributed by atoms with Gasteiger partial charge in [0.1, 0.15) is 28.9 Å². The maximum absolute atomic E-state index is 15.3. The summed E-state index contributed by atoms with van der Waals surface area (Å²) in [6.07, 6.45) is 4.81. The highest BCUT2D eigenvalue weighted by atomic mass is 35.5. The van der Waals surface area contributed by atoms with E-state index in [1.54, 1.807) is 0 Å². The van der Waals surface area contributed by atoms with Crippen LogP contribution in [0.3, 0.4) is 0 Å². The van der Waals surface area contributed by atoms with Gasteiger partial charge in [-0.25, -0.2) is 14.4 Å². The number of aromatic hydroxyl groups is 1. The van der Waals surface area contributed by atoms with Gasteiger partial charge in [0.05, 0.1) is 16.6 Å². The normalized spacial score (nSPS) is 18.6. The summed E-state index contributed by atoms with van der Waals surface area (Å²) in [5.74, 6) is -5.90. The molecule has 5 heterocycles. The van der Waals surface area contributed by atoms with Crippen molar-refractivity contribution < 1.29 is 27.9 Å². The molecule has 3 aliphatic rings. The van der Waals surface area contributed by atoms with Gasteiger partial charge in [0.15, 0.2) is 11.6 Å². The lowest BCUT2D eigenvalue weighted by molar-refractivity contribution is -0.116. The lowest BCUT2D eigenvalue weighted by atomic mass is 10.0. The van der Waals surface area contributed by atoms with E-state index in [1.807, 2.05) is 11.8 Å². The second kappa shape index (κ2) is 12.4. The molecule has 7 rings (SSSR count). The van der Waals surface area contributed by atoms with E-state index in [0.29, 0.717) is 49.5 Å². The second-order valence-corrected chi connectivity index (χ2v) is 13.4. The Bertz CT molecular complexity index is 2100. The third-order valence-electron chi connectivity index (χ3n) is 9.90. The molecule has 258 valence electrons. The fourth-order valence-electron chi connectivity index (χ4n) is 7.09. The summed E-state index contributed by atoms with van der Waals surface area (Å²) in [4.78, 5) is 52.1. The highest BCUT2D eigenvalue weighted by Crippen LogP contribution is 2.38. The number of amides is 2. The molecule has 2 atom stereocenters. The number of hydrogen-bond acceptors (Lipinski definition) is 8. The zero-order valence-corrected chi connectivity index (χ0v) is 27.5. The molecule has 2 amide bonds. The summed E-state index contributed by atoms with van der Waals surface area (Å²) in [5.41, 5.74) is 3.34. The average Bonchev–Trinajstić information content (AvgIpc) is 3.70. The molecule has 0 spiro atoms. The maximum atomic E-state index is 15.3. The number of piperazine rings is 1. The first kappa shape index (κ1) is 32.9. The van der Waals surface area contributed by atoms with Crippen LogP contribution in [0, 0.1) is 23.5 Å². The first-order valence-electron chi connectivity index (χ1n) is 16.1. The van der Waals surface area contributed by atoms with E-state index >= 15 is 8.78 Å². The number of benzene rings is 1. The number of phenols is 1. The number of primary amides is 1. The monoisotopic (exact) mass is 698 g/mol. The average molecular weight is 699 g/mol. The Morgan fingerprint density at radius 3 is 2.57 bits per heavy atom. The van der Waals surface area contributed by atoms with E-state index in [4.69, 9.17) is 17.3 Å². The Hall–Kier alpha value is -4.63. The topological polar surface area (TPSA) is 152 Å². The number of anilines is 2. The number of pyridine rings is 1. The minimum Gasteiger partial charge on any atom is -0.504 e. The summed E-state index contributed by atoms with van der Waals surface area (Å²) < 4.78 is 47.9. The van der Waals surface area contributed by atoms with E-state index in [9.17, 15) is 23.9 Å². The van der Waals surface area contributed by atoms with Gasteiger partial charge in [0, 0.05) is 68.1 Å². The van der Waals surface area contributed by atoms with Crippen molar-refractivity contribution in [3.63, 3.8) is 0 Å². The third-order valence-corrected chi connectivity index (χ3v) is 10.3. The van der Waals surface area contributed by atoms with Crippen molar-refractivity contribution in [1.82, 2.24) is 24.0 Å². The molecule has 1 unspecified atom stereocenters. The summed E-state index contributed by atoms with van der Waals surface area (Å²) >= 11 is 6.27. The number of carbonyl (C=O) groups is 2. The Labute approximate surface area is 283 Å². The van der Waals surface area contributed by atoms with Crippen LogP contribution in [0.1, 0.15) is 49.3 Å². The number of nitrogens with one attached hydrogen (secondary N) is 1. The number of halogens is 4. The van der Waals surface area contributed by atoms with Gasteiger partial charge in [-0.3, -0.25) is 23.9 Å². The highest BCUT2D eigenvalue weighted by molar-refractivity contribution is 6.33. The molecule has 4 N–H and O–H groups in total. The number of carbonyl (C=O) groups excluding carboxylic acids is 2. The highest BCUT2D eigenvalue weighted by Gasteiger charge is 2.36. The molecule has 1 aliphatic carbocycles. The van der Waals surface area contributed by atoms with Gasteiger partial charge in [0.25, 0.3) is 11.5 Å². The van der Waals surface area contributed by atoms with Crippen LogP contribution in [0.25, 0.3) is 22.2 Å². The van der Waals surface area contributed by atoms with Crippen molar-refractivity contribution in [1.29, 1.82) is 0 Å². The molecule has 0 bridgehead atoms. The number of nitrogens with two attached hydrogens (primary N) is 1. The van der Waals surface area contributed by atoms with Crippen molar-refractivity contribution in [2.75, 3.05) is 29.9 Å². The van der Waals surface area contributed by atoms with Crippen LogP contribution < -0.4 is 21.5 Å². The summed E-state index contributed by atoms with van der Waals surface area (Å²) in [6.45, 7) is 6.30. The number of nitrogens with zero attached hydrogens (tertiary/aromatic N) is 6. The van der Waals surface area contributed by atoms with Gasteiger partial charge < -0.3 is 25.6 Å². The Morgan fingerprint density at radius 1 is 1.12 bits per heavy atom. The smallest absolute Gasteiger partial charge is 0.263 e. The van der Waals surface area contributed by atoms with E-state index < -0.39 is 63.4 Å². The van der Waals surface area contributed by atoms with Gasteiger partial charge >= 0.3 is 0 Å². The molecule has 1 saturated carbocycles. The van der Waals surface area contributed by atoms with Crippen LogP contribution in [-0.2, 0) is 24.3 Å². The minimum absolute atomic E-state index is 0.0108. The van der Waals surface area contributed by atoms with Crippen LogP contribution in [0.5, 0.6) is 5.75 Å². The minimum atomic E-state index is -1.72. The lowest BCUT2D eigenvalue weighted by Crippen LogP contribution is -2.55. The maximum Gasteiger partial charge on any atom is 0.263 e. The van der Waals surface area contributed by atoms with Crippen LogP contribution >= 0.6 is 11.6 Å². The van der Waals surface area contributed by atoms with Crippen LogP contribution in [0.4, 0.5) is 24.7 Å². The molecule has 4 aromatic rings. The summed E-state index contributed by atoms with van der Waals surface area (Å²) in [6, 6.07) is 2.85. The van der Waals surface area contributed by atoms with Crippen molar-refractivity contribution in [3.05, 3.63) is 62.7 Å². The predicted molar refractivity (Wildman–Crippen MR) is 176 cm³/mol. The van der Waals surface area contributed by atoms with Crippen molar-refractivity contribution >= 4 is 46.0 Å². The zero-order chi connectivity index (χ0) is 34.9. The molecule has 0 radical (unpaired) electrons.